The summed E-state index contributed by atoms with van der Waals surface area (Å²) in [4.78, 5) is 6.42. The lowest BCUT2D eigenvalue weighted by atomic mass is 10.2. The minimum atomic E-state index is -0.419. The van der Waals surface area contributed by atoms with Gasteiger partial charge in [0.15, 0.2) is 0 Å². The summed E-state index contributed by atoms with van der Waals surface area (Å²) in [5, 5.41) is 14.6. The van der Waals surface area contributed by atoms with Crippen LogP contribution in [-0.2, 0) is 0 Å². The summed E-state index contributed by atoms with van der Waals surface area (Å²) < 4.78 is 0. The molecule has 0 aliphatic carbocycles. The van der Waals surface area contributed by atoms with Gasteiger partial charge < -0.3 is 15.3 Å². The fourth-order valence-electron chi connectivity index (χ4n) is 1.90. The van der Waals surface area contributed by atoms with Crippen LogP contribution in [0.3, 0.4) is 0 Å². The highest BCUT2D eigenvalue weighted by Crippen LogP contribution is 2.19. The third kappa shape index (κ3) is 4.06. The van der Waals surface area contributed by atoms with E-state index in [1.807, 2.05) is 49.3 Å². The average Bonchev–Trinajstić information content (AvgIpc) is 2.35. The number of hydrogen-bond donors (Lipinski definition) is 2. The van der Waals surface area contributed by atoms with E-state index < -0.39 is 6.10 Å². The molecule has 4 nitrogen and oxygen atoms in total. The molecular formula is C14H18ClN3O. The number of likely N-dealkylation sites (N-methyl/N-ethyl adjacent to an activating group) is 1. The lowest BCUT2D eigenvalue weighted by molar-refractivity contribution is 0.148. The first kappa shape index (κ1) is 14.1. The highest BCUT2D eigenvalue weighted by atomic mass is 35.5. The Labute approximate surface area is 118 Å². The second-order valence-electron chi connectivity index (χ2n) is 4.83. The smallest absolute Gasteiger partial charge is 0.126 e. The van der Waals surface area contributed by atoms with E-state index in [9.17, 15) is 5.11 Å². The number of benzene rings is 1. The zero-order chi connectivity index (χ0) is 13.8. The van der Waals surface area contributed by atoms with Crippen molar-refractivity contribution < 1.29 is 5.11 Å². The fraction of sp³-hybridized carbons (Fsp3) is 0.357. The molecule has 0 fully saturated rings. The lowest BCUT2D eigenvalue weighted by Crippen LogP contribution is -2.31. The number of anilines is 1. The summed E-state index contributed by atoms with van der Waals surface area (Å²) in [6.07, 6.45) is -0.419. The number of fused-ring (bicyclic) bond motifs is 1. The third-order valence-corrected chi connectivity index (χ3v) is 2.98. The van der Waals surface area contributed by atoms with Crippen LogP contribution in [-0.4, -0.2) is 48.3 Å². The highest BCUT2D eigenvalue weighted by molar-refractivity contribution is 6.31. The minimum Gasteiger partial charge on any atom is -0.390 e. The molecule has 1 heterocycles. The van der Waals surface area contributed by atoms with E-state index in [0.717, 1.165) is 16.7 Å². The standard InChI is InChI=1S/C14H18ClN3O/c1-18(2)9-12(19)8-16-14-6-3-10-7-11(15)4-5-13(10)17-14/h3-7,12,19H,8-9H2,1-2H3,(H,16,17). The molecule has 1 aromatic carbocycles. The van der Waals surface area contributed by atoms with Gasteiger partial charge >= 0.3 is 0 Å². The van der Waals surface area contributed by atoms with Gasteiger partial charge in [-0.05, 0) is 44.4 Å². The molecule has 0 spiro atoms. The molecule has 1 aromatic heterocycles. The fourth-order valence-corrected chi connectivity index (χ4v) is 2.08. The molecule has 0 bridgehead atoms. The number of halogens is 1. The zero-order valence-corrected chi connectivity index (χ0v) is 11.9. The predicted molar refractivity (Wildman–Crippen MR) is 79.8 cm³/mol. The van der Waals surface area contributed by atoms with Crippen molar-refractivity contribution in [2.24, 2.45) is 0 Å². The second-order valence-corrected chi connectivity index (χ2v) is 5.27. The Kier molecular flexibility index (Phi) is 4.58. The van der Waals surface area contributed by atoms with Crippen LogP contribution in [0.2, 0.25) is 5.02 Å². The molecule has 2 N–H and O–H groups in total. The summed E-state index contributed by atoms with van der Waals surface area (Å²) in [6.45, 7) is 1.10. The molecule has 0 radical (unpaired) electrons. The average molecular weight is 280 g/mol. The van der Waals surface area contributed by atoms with E-state index in [2.05, 4.69) is 10.3 Å². The Morgan fingerprint density at radius 3 is 2.84 bits per heavy atom. The van der Waals surface area contributed by atoms with Gasteiger partial charge in [0, 0.05) is 23.5 Å². The molecule has 0 aliphatic rings. The van der Waals surface area contributed by atoms with Gasteiger partial charge in [-0.15, -0.1) is 0 Å². The molecule has 0 aliphatic heterocycles. The normalized spacial score (nSPS) is 12.9. The molecule has 0 amide bonds. The zero-order valence-electron chi connectivity index (χ0n) is 11.1. The van der Waals surface area contributed by atoms with Gasteiger partial charge in [0.1, 0.15) is 5.82 Å². The van der Waals surface area contributed by atoms with E-state index in [1.165, 1.54) is 0 Å². The van der Waals surface area contributed by atoms with Crippen LogP contribution in [0, 0.1) is 0 Å². The number of nitrogens with zero attached hydrogens (tertiary/aromatic N) is 2. The van der Waals surface area contributed by atoms with Crippen LogP contribution in [0.15, 0.2) is 30.3 Å². The Morgan fingerprint density at radius 1 is 1.32 bits per heavy atom. The van der Waals surface area contributed by atoms with Crippen molar-refractivity contribution in [1.82, 2.24) is 9.88 Å². The number of nitrogens with one attached hydrogen (secondary N) is 1. The Morgan fingerprint density at radius 2 is 2.11 bits per heavy atom. The largest absolute Gasteiger partial charge is 0.390 e. The first-order valence-electron chi connectivity index (χ1n) is 6.17. The van der Waals surface area contributed by atoms with Crippen LogP contribution in [0.1, 0.15) is 0 Å². The maximum Gasteiger partial charge on any atom is 0.126 e. The SMILES string of the molecule is CN(C)CC(O)CNc1ccc2cc(Cl)ccc2n1. The van der Waals surface area contributed by atoms with Crippen LogP contribution in [0.5, 0.6) is 0 Å². The first-order chi connectivity index (χ1) is 9.04. The van der Waals surface area contributed by atoms with Crippen molar-refractivity contribution in [2.75, 3.05) is 32.5 Å². The van der Waals surface area contributed by atoms with Crippen molar-refractivity contribution in [3.8, 4) is 0 Å². The van der Waals surface area contributed by atoms with Gasteiger partial charge in [-0.1, -0.05) is 11.6 Å². The third-order valence-electron chi connectivity index (χ3n) is 2.75. The summed E-state index contributed by atoms with van der Waals surface area (Å²) in [6, 6.07) is 9.45. The summed E-state index contributed by atoms with van der Waals surface area (Å²) >= 11 is 5.93. The molecule has 0 saturated carbocycles. The van der Waals surface area contributed by atoms with E-state index >= 15 is 0 Å². The van der Waals surface area contributed by atoms with Gasteiger partial charge in [-0.2, -0.15) is 0 Å². The maximum absolute atomic E-state index is 9.78. The van der Waals surface area contributed by atoms with Crippen LogP contribution in [0.25, 0.3) is 10.9 Å². The molecule has 2 rings (SSSR count). The van der Waals surface area contributed by atoms with Gasteiger partial charge in [0.05, 0.1) is 11.6 Å². The molecule has 5 heteroatoms. The Balaban J connectivity index is 2.03. The number of aliphatic hydroxyl groups excluding tert-OH is 1. The number of pyridine rings is 1. The predicted octanol–water partition coefficient (Wildman–Crippen LogP) is 2.22. The van der Waals surface area contributed by atoms with E-state index in [1.54, 1.807) is 0 Å². The van der Waals surface area contributed by atoms with E-state index in [4.69, 9.17) is 11.6 Å². The lowest BCUT2D eigenvalue weighted by Gasteiger charge is -2.16. The maximum atomic E-state index is 9.78. The first-order valence-corrected chi connectivity index (χ1v) is 6.55. The molecule has 1 atom stereocenters. The quantitative estimate of drug-likeness (QED) is 0.881. The number of aromatic nitrogens is 1. The number of aliphatic hydroxyl groups is 1. The van der Waals surface area contributed by atoms with Gasteiger partial charge in [-0.25, -0.2) is 4.98 Å². The molecule has 1 unspecified atom stereocenters. The van der Waals surface area contributed by atoms with Gasteiger partial charge in [-0.3, -0.25) is 0 Å². The highest BCUT2D eigenvalue weighted by Gasteiger charge is 2.06. The van der Waals surface area contributed by atoms with Crippen LogP contribution in [0.4, 0.5) is 5.82 Å². The summed E-state index contributed by atoms with van der Waals surface area (Å²) in [5.41, 5.74) is 0.886. The molecule has 102 valence electrons. The van der Waals surface area contributed by atoms with Crippen LogP contribution >= 0.6 is 11.6 Å². The monoisotopic (exact) mass is 279 g/mol. The van der Waals surface area contributed by atoms with Crippen molar-refractivity contribution >= 4 is 28.3 Å². The molecule has 2 aromatic rings. The van der Waals surface area contributed by atoms with Crippen molar-refractivity contribution in [3.63, 3.8) is 0 Å². The summed E-state index contributed by atoms with van der Waals surface area (Å²) in [5.74, 6) is 0.757. The van der Waals surface area contributed by atoms with Crippen molar-refractivity contribution in [3.05, 3.63) is 35.4 Å². The van der Waals surface area contributed by atoms with E-state index in [0.29, 0.717) is 18.1 Å². The van der Waals surface area contributed by atoms with Gasteiger partial charge in [0.25, 0.3) is 0 Å². The van der Waals surface area contributed by atoms with E-state index in [-0.39, 0.29) is 0 Å². The Bertz CT molecular complexity index is 559. The molecule has 0 saturated heterocycles. The topological polar surface area (TPSA) is 48.4 Å². The van der Waals surface area contributed by atoms with Gasteiger partial charge in [0.2, 0.25) is 0 Å². The van der Waals surface area contributed by atoms with Crippen molar-refractivity contribution in [1.29, 1.82) is 0 Å². The van der Waals surface area contributed by atoms with Crippen LogP contribution < -0.4 is 5.32 Å². The second kappa shape index (κ2) is 6.19. The number of rotatable bonds is 5. The Hall–Kier alpha value is -1.36. The summed E-state index contributed by atoms with van der Waals surface area (Å²) in [7, 11) is 3.86. The molecular weight excluding hydrogens is 262 g/mol. The number of hydrogen-bond acceptors (Lipinski definition) is 4. The van der Waals surface area contributed by atoms with Crippen molar-refractivity contribution in [2.45, 2.75) is 6.10 Å². The molecule has 19 heavy (non-hydrogen) atoms. The minimum absolute atomic E-state index is 0.419.